The average Bonchev–Trinajstić information content (AvgIpc) is 2.14. The molecule has 78 valence electrons. The normalized spacial score (nSPS) is 19.6. The summed E-state index contributed by atoms with van der Waals surface area (Å²) in [7, 11) is 0. The van der Waals surface area contributed by atoms with Crippen LogP contribution in [-0.2, 0) is 0 Å². The van der Waals surface area contributed by atoms with Gasteiger partial charge >= 0.3 is 0 Å². The van der Waals surface area contributed by atoms with Crippen molar-refractivity contribution in [1.29, 1.82) is 0 Å². The third-order valence-electron chi connectivity index (χ3n) is 2.61. The summed E-state index contributed by atoms with van der Waals surface area (Å²) in [6, 6.07) is 0. The van der Waals surface area contributed by atoms with E-state index in [-0.39, 0.29) is 0 Å². The van der Waals surface area contributed by atoms with Gasteiger partial charge in [-0.2, -0.15) is 0 Å². The number of piperidine rings is 1. The van der Waals surface area contributed by atoms with Gasteiger partial charge in [0.25, 0.3) is 0 Å². The lowest BCUT2D eigenvalue weighted by Gasteiger charge is -2.26. The van der Waals surface area contributed by atoms with Crippen LogP contribution < -0.4 is 5.32 Å². The second-order valence-corrected chi connectivity index (χ2v) is 4.50. The summed E-state index contributed by atoms with van der Waals surface area (Å²) in [6.07, 6.45) is 4.25. The van der Waals surface area contributed by atoms with Gasteiger partial charge in [-0.25, -0.2) is 0 Å². The first kappa shape index (κ1) is 11.0. The third kappa shape index (κ3) is 5.27. The zero-order chi connectivity index (χ0) is 9.52. The van der Waals surface area contributed by atoms with E-state index in [4.69, 9.17) is 0 Å². The highest BCUT2D eigenvalue weighted by Gasteiger charge is 2.08. The highest BCUT2D eigenvalue weighted by atomic mass is 15.1. The van der Waals surface area contributed by atoms with E-state index in [1.165, 1.54) is 38.9 Å². The third-order valence-corrected chi connectivity index (χ3v) is 2.61. The first-order chi connectivity index (χ1) is 6.29. The standard InChI is InChI=1S/C11H24N2/c1-11(2)10-12-6-9-13-7-4-3-5-8-13/h11-12H,3-10H2,1-2H3. The molecule has 2 nitrogen and oxygen atoms in total. The molecule has 1 heterocycles. The number of likely N-dealkylation sites (tertiary alicyclic amines) is 1. The molecule has 0 radical (unpaired) electrons. The molecule has 1 aliphatic heterocycles. The maximum atomic E-state index is 3.49. The second kappa shape index (κ2) is 6.39. The summed E-state index contributed by atoms with van der Waals surface area (Å²) in [5.74, 6) is 0.779. The van der Waals surface area contributed by atoms with Crippen molar-refractivity contribution in [3.05, 3.63) is 0 Å². The van der Waals surface area contributed by atoms with Crippen LogP contribution in [0.2, 0.25) is 0 Å². The number of nitrogens with one attached hydrogen (secondary N) is 1. The van der Waals surface area contributed by atoms with Crippen LogP contribution in [0.3, 0.4) is 0 Å². The van der Waals surface area contributed by atoms with Crippen LogP contribution >= 0.6 is 0 Å². The van der Waals surface area contributed by atoms with Crippen LogP contribution in [0, 0.1) is 5.92 Å². The van der Waals surface area contributed by atoms with Crippen LogP contribution in [0.1, 0.15) is 33.1 Å². The molecule has 2 heteroatoms. The number of hydrogen-bond donors (Lipinski definition) is 1. The summed E-state index contributed by atoms with van der Waals surface area (Å²) in [4.78, 5) is 2.58. The lowest BCUT2D eigenvalue weighted by molar-refractivity contribution is 0.228. The van der Waals surface area contributed by atoms with E-state index in [0.29, 0.717) is 0 Å². The zero-order valence-corrected chi connectivity index (χ0v) is 9.18. The van der Waals surface area contributed by atoms with Crippen molar-refractivity contribution >= 4 is 0 Å². The summed E-state index contributed by atoms with van der Waals surface area (Å²) in [5.41, 5.74) is 0. The van der Waals surface area contributed by atoms with E-state index in [9.17, 15) is 0 Å². The van der Waals surface area contributed by atoms with Crippen molar-refractivity contribution in [2.75, 3.05) is 32.7 Å². The van der Waals surface area contributed by atoms with Crippen molar-refractivity contribution in [3.63, 3.8) is 0 Å². The van der Waals surface area contributed by atoms with E-state index >= 15 is 0 Å². The number of hydrogen-bond acceptors (Lipinski definition) is 2. The molecule has 1 aliphatic rings. The molecule has 1 rings (SSSR count). The van der Waals surface area contributed by atoms with Gasteiger partial charge in [-0.1, -0.05) is 20.3 Å². The monoisotopic (exact) mass is 184 g/mol. The summed E-state index contributed by atoms with van der Waals surface area (Å²) < 4.78 is 0. The van der Waals surface area contributed by atoms with Crippen LogP contribution in [0.15, 0.2) is 0 Å². The Hall–Kier alpha value is -0.0800. The van der Waals surface area contributed by atoms with Crippen molar-refractivity contribution in [1.82, 2.24) is 10.2 Å². The smallest absolute Gasteiger partial charge is 0.0107 e. The Morgan fingerprint density at radius 3 is 2.46 bits per heavy atom. The van der Waals surface area contributed by atoms with Gasteiger partial charge in [-0.3, -0.25) is 0 Å². The van der Waals surface area contributed by atoms with Crippen molar-refractivity contribution in [2.24, 2.45) is 5.92 Å². The van der Waals surface area contributed by atoms with E-state index in [2.05, 4.69) is 24.1 Å². The highest BCUT2D eigenvalue weighted by molar-refractivity contribution is 4.65. The van der Waals surface area contributed by atoms with Gasteiger partial charge in [0, 0.05) is 13.1 Å². The molecule has 0 atom stereocenters. The molecule has 0 bridgehead atoms. The van der Waals surface area contributed by atoms with Gasteiger partial charge in [0.2, 0.25) is 0 Å². The van der Waals surface area contributed by atoms with E-state index < -0.39 is 0 Å². The highest BCUT2D eigenvalue weighted by Crippen LogP contribution is 2.07. The molecule has 0 amide bonds. The Labute approximate surface area is 82.7 Å². The summed E-state index contributed by atoms with van der Waals surface area (Å²) in [6.45, 7) is 10.7. The summed E-state index contributed by atoms with van der Waals surface area (Å²) in [5, 5.41) is 3.49. The molecule has 0 unspecified atom stereocenters. The van der Waals surface area contributed by atoms with Crippen LogP contribution in [0.4, 0.5) is 0 Å². The van der Waals surface area contributed by atoms with E-state index in [0.717, 1.165) is 19.0 Å². The Balaban J connectivity index is 1.92. The lowest BCUT2D eigenvalue weighted by atomic mass is 10.1. The second-order valence-electron chi connectivity index (χ2n) is 4.50. The Morgan fingerprint density at radius 1 is 1.15 bits per heavy atom. The van der Waals surface area contributed by atoms with Crippen molar-refractivity contribution in [2.45, 2.75) is 33.1 Å². The lowest BCUT2D eigenvalue weighted by Crippen LogP contribution is -2.36. The van der Waals surface area contributed by atoms with Crippen molar-refractivity contribution < 1.29 is 0 Å². The molecule has 1 saturated heterocycles. The molecule has 0 aromatic carbocycles. The molecule has 0 aromatic heterocycles. The first-order valence-corrected chi connectivity index (χ1v) is 5.72. The SMILES string of the molecule is CC(C)CNCCN1CCCCC1. The fourth-order valence-electron chi connectivity index (χ4n) is 1.81. The number of rotatable bonds is 5. The fourth-order valence-corrected chi connectivity index (χ4v) is 1.81. The van der Waals surface area contributed by atoms with E-state index in [1.54, 1.807) is 0 Å². The minimum Gasteiger partial charge on any atom is -0.315 e. The topological polar surface area (TPSA) is 15.3 Å². The minimum absolute atomic E-state index is 0.779. The summed E-state index contributed by atoms with van der Waals surface area (Å²) >= 11 is 0. The fraction of sp³-hybridized carbons (Fsp3) is 1.00. The molecule has 1 fully saturated rings. The number of nitrogens with zero attached hydrogens (tertiary/aromatic N) is 1. The predicted molar refractivity (Wildman–Crippen MR) is 58.0 cm³/mol. The van der Waals surface area contributed by atoms with Crippen LogP contribution in [-0.4, -0.2) is 37.6 Å². The molecule has 0 saturated carbocycles. The Bertz CT molecular complexity index is 117. The van der Waals surface area contributed by atoms with Crippen LogP contribution in [0.5, 0.6) is 0 Å². The molecule has 1 N–H and O–H groups in total. The Kier molecular flexibility index (Phi) is 5.40. The molecule has 13 heavy (non-hydrogen) atoms. The average molecular weight is 184 g/mol. The van der Waals surface area contributed by atoms with Crippen LogP contribution in [0.25, 0.3) is 0 Å². The Morgan fingerprint density at radius 2 is 1.85 bits per heavy atom. The van der Waals surface area contributed by atoms with Gasteiger partial charge in [-0.15, -0.1) is 0 Å². The maximum Gasteiger partial charge on any atom is 0.0107 e. The van der Waals surface area contributed by atoms with Gasteiger partial charge in [0.15, 0.2) is 0 Å². The zero-order valence-electron chi connectivity index (χ0n) is 9.18. The van der Waals surface area contributed by atoms with Gasteiger partial charge in [0.05, 0.1) is 0 Å². The minimum atomic E-state index is 0.779. The first-order valence-electron chi connectivity index (χ1n) is 5.72. The van der Waals surface area contributed by atoms with Gasteiger partial charge in [0.1, 0.15) is 0 Å². The predicted octanol–water partition coefficient (Wildman–Crippen LogP) is 1.72. The van der Waals surface area contributed by atoms with E-state index in [1.807, 2.05) is 0 Å². The largest absolute Gasteiger partial charge is 0.315 e. The maximum absolute atomic E-state index is 3.49. The van der Waals surface area contributed by atoms with Gasteiger partial charge < -0.3 is 10.2 Å². The van der Waals surface area contributed by atoms with Gasteiger partial charge in [-0.05, 0) is 38.4 Å². The molecule has 0 aromatic rings. The quantitative estimate of drug-likeness (QED) is 0.654. The molecule has 0 aliphatic carbocycles. The van der Waals surface area contributed by atoms with Crippen molar-refractivity contribution in [3.8, 4) is 0 Å². The molecule has 0 spiro atoms. The molecular formula is C11H24N2. The molecular weight excluding hydrogens is 160 g/mol.